The maximum absolute atomic E-state index is 11.0. The first-order chi connectivity index (χ1) is 8.28. The van der Waals surface area contributed by atoms with Gasteiger partial charge in [0.05, 0.1) is 16.9 Å². The first-order valence-corrected chi connectivity index (χ1v) is 5.90. The lowest BCUT2D eigenvalue weighted by Crippen LogP contribution is -1.95. The van der Waals surface area contributed by atoms with E-state index < -0.39 is 0 Å². The van der Waals surface area contributed by atoms with Gasteiger partial charge in [-0.2, -0.15) is 5.10 Å². The number of carbonyl (C=O) groups excluding carboxylic acids is 1. The Balaban J connectivity index is 2.02. The van der Waals surface area contributed by atoms with E-state index in [-0.39, 0.29) is 0 Å². The summed E-state index contributed by atoms with van der Waals surface area (Å²) < 4.78 is 1.80. The van der Waals surface area contributed by atoms with Gasteiger partial charge >= 0.3 is 0 Å². The molecule has 86 valence electrons. The van der Waals surface area contributed by atoms with Crippen LogP contribution in [0.2, 0.25) is 0 Å². The van der Waals surface area contributed by atoms with Crippen molar-refractivity contribution in [3.63, 3.8) is 0 Å². The molecule has 1 aromatic carbocycles. The Kier molecular flexibility index (Phi) is 2.32. The standard InChI is InChI=1S/C14H14N2O/c1-10-2-6-13(7-3-10)16-8-12(9-17)14(15-16)11-4-5-11/h2-3,6-9,11H,4-5H2,1H3. The van der Waals surface area contributed by atoms with E-state index in [1.165, 1.54) is 5.56 Å². The van der Waals surface area contributed by atoms with Crippen LogP contribution in [0, 0.1) is 6.92 Å². The quantitative estimate of drug-likeness (QED) is 0.754. The van der Waals surface area contributed by atoms with Crippen LogP contribution in [0.1, 0.15) is 40.4 Å². The number of aldehydes is 1. The maximum atomic E-state index is 11.0. The van der Waals surface area contributed by atoms with Gasteiger partial charge in [-0.1, -0.05) is 17.7 Å². The number of hydrogen-bond acceptors (Lipinski definition) is 2. The number of rotatable bonds is 3. The zero-order valence-corrected chi connectivity index (χ0v) is 9.76. The average Bonchev–Trinajstić information content (AvgIpc) is 3.10. The SMILES string of the molecule is Cc1ccc(-n2cc(C=O)c(C3CC3)n2)cc1. The van der Waals surface area contributed by atoms with Crippen molar-refractivity contribution in [2.45, 2.75) is 25.7 Å². The molecule has 1 aromatic heterocycles. The van der Waals surface area contributed by atoms with Crippen LogP contribution in [0.25, 0.3) is 5.69 Å². The van der Waals surface area contributed by atoms with Gasteiger partial charge in [0.1, 0.15) is 0 Å². The van der Waals surface area contributed by atoms with Crippen LogP contribution in [0.15, 0.2) is 30.5 Å². The fraction of sp³-hybridized carbons (Fsp3) is 0.286. The van der Waals surface area contributed by atoms with Crippen molar-refractivity contribution in [2.24, 2.45) is 0 Å². The molecule has 17 heavy (non-hydrogen) atoms. The van der Waals surface area contributed by atoms with E-state index in [0.717, 1.165) is 36.1 Å². The third-order valence-electron chi connectivity index (χ3n) is 3.16. The van der Waals surface area contributed by atoms with E-state index in [4.69, 9.17) is 0 Å². The number of hydrogen-bond donors (Lipinski definition) is 0. The van der Waals surface area contributed by atoms with Gasteiger partial charge in [-0.25, -0.2) is 4.68 Å². The van der Waals surface area contributed by atoms with Crippen LogP contribution >= 0.6 is 0 Å². The van der Waals surface area contributed by atoms with Gasteiger partial charge in [-0.3, -0.25) is 4.79 Å². The summed E-state index contributed by atoms with van der Waals surface area (Å²) in [5.41, 5.74) is 3.91. The second kappa shape index (κ2) is 3.84. The van der Waals surface area contributed by atoms with E-state index in [9.17, 15) is 4.79 Å². The molecule has 0 radical (unpaired) electrons. The number of aromatic nitrogens is 2. The Bertz CT molecular complexity index is 550. The van der Waals surface area contributed by atoms with Gasteiger partial charge in [-0.15, -0.1) is 0 Å². The van der Waals surface area contributed by atoms with E-state index in [0.29, 0.717) is 5.92 Å². The van der Waals surface area contributed by atoms with Crippen molar-refractivity contribution in [1.29, 1.82) is 0 Å². The molecule has 3 heteroatoms. The molecular formula is C14H14N2O. The van der Waals surface area contributed by atoms with Crippen molar-refractivity contribution in [3.8, 4) is 5.69 Å². The van der Waals surface area contributed by atoms with Gasteiger partial charge in [0.15, 0.2) is 6.29 Å². The number of carbonyl (C=O) groups is 1. The highest BCUT2D eigenvalue weighted by molar-refractivity contribution is 5.76. The fourth-order valence-electron chi connectivity index (χ4n) is 2.00. The Labute approximate surface area is 100 Å². The molecule has 0 spiro atoms. The first kappa shape index (κ1) is 10.3. The highest BCUT2D eigenvalue weighted by atomic mass is 16.1. The minimum absolute atomic E-state index is 0.502. The molecule has 1 aliphatic rings. The van der Waals surface area contributed by atoms with Crippen molar-refractivity contribution in [1.82, 2.24) is 9.78 Å². The second-order valence-corrected chi connectivity index (χ2v) is 4.64. The Morgan fingerprint density at radius 2 is 2.00 bits per heavy atom. The molecule has 2 aromatic rings. The van der Waals surface area contributed by atoms with Crippen LogP contribution in [0.5, 0.6) is 0 Å². The zero-order chi connectivity index (χ0) is 11.8. The van der Waals surface area contributed by atoms with Gasteiger partial charge in [0.25, 0.3) is 0 Å². The summed E-state index contributed by atoms with van der Waals surface area (Å²) in [7, 11) is 0. The molecule has 0 amide bonds. The van der Waals surface area contributed by atoms with Gasteiger partial charge in [0, 0.05) is 12.1 Å². The number of nitrogens with zero attached hydrogens (tertiary/aromatic N) is 2. The summed E-state index contributed by atoms with van der Waals surface area (Å²) in [5.74, 6) is 0.502. The largest absolute Gasteiger partial charge is 0.298 e. The van der Waals surface area contributed by atoms with E-state index in [2.05, 4.69) is 12.0 Å². The van der Waals surface area contributed by atoms with E-state index in [1.54, 1.807) is 4.68 Å². The van der Waals surface area contributed by atoms with Crippen molar-refractivity contribution < 1.29 is 4.79 Å². The molecular weight excluding hydrogens is 212 g/mol. The third kappa shape index (κ3) is 1.88. The molecule has 0 saturated heterocycles. The molecule has 1 heterocycles. The summed E-state index contributed by atoms with van der Waals surface area (Å²) in [5, 5.41) is 4.53. The summed E-state index contributed by atoms with van der Waals surface area (Å²) in [6, 6.07) is 8.14. The molecule has 0 aliphatic heterocycles. The van der Waals surface area contributed by atoms with Crippen molar-refractivity contribution in [3.05, 3.63) is 47.3 Å². The van der Waals surface area contributed by atoms with Gasteiger partial charge < -0.3 is 0 Å². The van der Waals surface area contributed by atoms with Crippen LogP contribution < -0.4 is 0 Å². The van der Waals surface area contributed by atoms with Crippen LogP contribution in [0.4, 0.5) is 0 Å². The minimum Gasteiger partial charge on any atom is -0.298 e. The topological polar surface area (TPSA) is 34.9 Å². The molecule has 1 saturated carbocycles. The van der Waals surface area contributed by atoms with Crippen molar-refractivity contribution >= 4 is 6.29 Å². The highest BCUT2D eigenvalue weighted by Gasteiger charge is 2.29. The maximum Gasteiger partial charge on any atom is 0.153 e. The van der Waals surface area contributed by atoms with E-state index >= 15 is 0 Å². The van der Waals surface area contributed by atoms with E-state index in [1.807, 2.05) is 30.5 Å². The normalized spacial score (nSPS) is 14.9. The fourth-order valence-corrected chi connectivity index (χ4v) is 2.00. The molecule has 3 rings (SSSR count). The molecule has 0 bridgehead atoms. The molecule has 0 unspecified atom stereocenters. The lowest BCUT2D eigenvalue weighted by molar-refractivity contribution is 0.112. The number of aryl methyl sites for hydroxylation is 1. The first-order valence-electron chi connectivity index (χ1n) is 5.90. The van der Waals surface area contributed by atoms with Crippen LogP contribution in [0.3, 0.4) is 0 Å². The summed E-state index contributed by atoms with van der Waals surface area (Å²) in [6.45, 7) is 2.05. The smallest absolute Gasteiger partial charge is 0.153 e. The zero-order valence-electron chi connectivity index (χ0n) is 9.76. The predicted octanol–water partition coefficient (Wildman–Crippen LogP) is 2.87. The Morgan fingerprint density at radius 1 is 1.29 bits per heavy atom. The molecule has 0 atom stereocenters. The summed E-state index contributed by atoms with van der Waals surface area (Å²) >= 11 is 0. The van der Waals surface area contributed by atoms with Gasteiger partial charge in [0.2, 0.25) is 0 Å². The van der Waals surface area contributed by atoms with Crippen LogP contribution in [-0.4, -0.2) is 16.1 Å². The Morgan fingerprint density at radius 3 is 2.59 bits per heavy atom. The van der Waals surface area contributed by atoms with Gasteiger partial charge in [-0.05, 0) is 31.9 Å². The monoisotopic (exact) mass is 226 g/mol. The second-order valence-electron chi connectivity index (χ2n) is 4.64. The molecule has 1 aliphatic carbocycles. The highest BCUT2D eigenvalue weighted by Crippen LogP contribution is 2.40. The minimum atomic E-state index is 0.502. The third-order valence-corrected chi connectivity index (χ3v) is 3.16. The Hall–Kier alpha value is -1.90. The molecule has 0 N–H and O–H groups in total. The lowest BCUT2D eigenvalue weighted by atomic mass is 10.2. The lowest BCUT2D eigenvalue weighted by Gasteiger charge is -2.01. The average molecular weight is 226 g/mol. The van der Waals surface area contributed by atoms with Crippen molar-refractivity contribution in [2.75, 3.05) is 0 Å². The summed E-state index contributed by atoms with van der Waals surface area (Å²) in [6.07, 6.45) is 5.05. The molecule has 1 fully saturated rings. The molecule has 3 nitrogen and oxygen atoms in total. The predicted molar refractivity (Wildman–Crippen MR) is 65.7 cm³/mol. The summed E-state index contributed by atoms with van der Waals surface area (Å²) in [4.78, 5) is 11.0. The number of benzene rings is 1. The van der Waals surface area contributed by atoms with Crippen LogP contribution in [-0.2, 0) is 0 Å².